The van der Waals surface area contributed by atoms with Gasteiger partial charge in [0.15, 0.2) is 0 Å². The number of hydrogen-bond acceptors (Lipinski definition) is 5. The fourth-order valence-electron chi connectivity index (χ4n) is 3.39. The number of nitrogens with one attached hydrogen (secondary N) is 2. The highest BCUT2D eigenvalue weighted by atomic mass is 15.1. The zero-order chi connectivity index (χ0) is 18.5. The zero-order valence-corrected chi connectivity index (χ0v) is 15.7. The maximum atomic E-state index is 4.59. The monoisotopic (exact) mass is 359 g/mol. The number of para-hydroxylation sites is 1. The van der Waals surface area contributed by atoms with E-state index >= 15 is 0 Å². The van der Waals surface area contributed by atoms with Crippen molar-refractivity contribution in [3.8, 4) is 0 Å². The van der Waals surface area contributed by atoms with Crippen LogP contribution in [-0.4, -0.2) is 23.1 Å². The Morgan fingerprint density at radius 2 is 1.48 bits per heavy atom. The zero-order valence-electron chi connectivity index (χ0n) is 15.7. The first-order valence-corrected chi connectivity index (χ1v) is 9.56. The van der Waals surface area contributed by atoms with E-state index in [0.717, 1.165) is 36.0 Å². The predicted octanol–water partition coefficient (Wildman–Crippen LogP) is 5.26. The first kappa shape index (κ1) is 17.3. The van der Waals surface area contributed by atoms with Crippen molar-refractivity contribution in [2.24, 2.45) is 0 Å². The molecule has 0 saturated carbocycles. The van der Waals surface area contributed by atoms with Crippen LogP contribution >= 0.6 is 0 Å². The maximum Gasteiger partial charge on any atom is 0.229 e. The Kier molecular flexibility index (Phi) is 5.19. The molecule has 27 heavy (non-hydrogen) atoms. The van der Waals surface area contributed by atoms with E-state index < -0.39 is 0 Å². The van der Waals surface area contributed by atoms with Crippen molar-refractivity contribution < 1.29 is 0 Å². The number of aromatic nitrogens is 2. The molecule has 1 aromatic heterocycles. The van der Waals surface area contributed by atoms with Crippen LogP contribution in [-0.2, 0) is 0 Å². The summed E-state index contributed by atoms with van der Waals surface area (Å²) in [5.41, 5.74) is 4.21. The second kappa shape index (κ2) is 8.08. The molecule has 1 aliphatic rings. The summed E-state index contributed by atoms with van der Waals surface area (Å²) in [6, 6.07) is 20.5. The van der Waals surface area contributed by atoms with E-state index in [1.165, 1.54) is 24.9 Å². The van der Waals surface area contributed by atoms with Crippen molar-refractivity contribution in [2.75, 3.05) is 28.6 Å². The molecule has 1 saturated heterocycles. The van der Waals surface area contributed by atoms with Gasteiger partial charge in [0.2, 0.25) is 5.95 Å². The fraction of sp³-hybridized carbons (Fsp3) is 0.273. The number of hydrogen-bond donors (Lipinski definition) is 2. The summed E-state index contributed by atoms with van der Waals surface area (Å²) in [6.45, 7) is 4.29. The van der Waals surface area contributed by atoms with Crippen LogP contribution in [0.5, 0.6) is 0 Å². The van der Waals surface area contributed by atoms with E-state index in [0.29, 0.717) is 5.95 Å². The normalized spacial score (nSPS) is 14.0. The highest BCUT2D eigenvalue weighted by Gasteiger charge is 2.10. The van der Waals surface area contributed by atoms with Crippen LogP contribution in [0.1, 0.15) is 25.0 Å². The van der Waals surface area contributed by atoms with Gasteiger partial charge in [-0.05, 0) is 62.6 Å². The van der Waals surface area contributed by atoms with Crippen LogP contribution in [0.4, 0.5) is 28.8 Å². The van der Waals surface area contributed by atoms with Gasteiger partial charge < -0.3 is 15.5 Å². The molecule has 0 radical (unpaired) electrons. The van der Waals surface area contributed by atoms with Crippen molar-refractivity contribution in [2.45, 2.75) is 26.2 Å². The molecule has 2 aromatic carbocycles. The van der Waals surface area contributed by atoms with Crippen LogP contribution in [0.2, 0.25) is 0 Å². The summed E-state index contributed by atoms with van der Waals surface area (Å²) < 4.78 is 0. The molecule has 1 fully saturated rings. The standard InChI is InChI=1S/C22H25N5/c1-17-16-21(26-22(23-17)25-18-8-4-2-5-9-18)24-19-10-12-20(13-11-19)27-14-6-3-7-15-27/h2,4-5,8-13,16H,3,6-7,14-15H2,1H3,(H2,23,24,25,26). The highest BCUT2D eigenvalue weighted by Crippen LogP contribution is 2.24. The first-order valence-electron chi connectivity index (χ1n) is 9.56. The van der Waals surface area contributed by atoms with Crippen molar-refractivity contribution >= 4 is 28.8 Å². The SMILES string of the molecule is Cc1cc(Nc2ccc(N3CCCCC3)cc2)nc(Nc2ccccc2)n1. The van der Waals surface area contributed by atoms with E-state index in [1.54, 1.807) is 0 Å². The third-order valence-corrected chi connectivity index (χ3v) is 4.75. The fourth-order valence-corrected chi connectivity index (χ4v) is 3.39. The van der Waals surface area contributed by atoms with Gasteiger partial charge in [0.05, 0.1) is 0 Å². The molecular formula is C22H25N5. The summed E-state index contributed by atoms with van der Waals surface area (Å²) in [6.07, 6.45) is 3.93. The Morgan fingerprint density at radius 1 is 0.778 bits per heavy atom. The maximum absolute atomic E-state index is 4.59. The van der Waals surface area contributed by atoms with Gasteiger partial charge in [0.25, 0.3) is 0 Å². The molecule has 5 nitrogen and oxygen atoms in total. The number of anilines is 5. The largest absolute Gasteiger partial charge is 0.372 e. The minimum Gasteiger partial charge on any atom is -0.372 e. The number of aryl methyl sites for hydroxylation is 1. The minimum atomic E-state index is 0.591. The van der Waals surface area contributed by atoms with E-state index in [4.69, 9.17) is 0 Å². The molecule has 1 aliphatic heterocycles. The van der Waals surface area contributed by atoms with Crippen LogP contribution < -0.4 is 15.5 Å². The Bertz CT molecular complexity index is 871. The first-order chi connectivity index (χ1) is 13.3. The average molecular weight is 359 g/mol. The topological polar surface area (TPSA) is 53.1 Å². The molecule has 0 atom stereocenters. The molecular weight excluding hydrogens is 334 g/mol. The van der Waals surface area contributed by atoms with Gasteiger partial charge >= 0.3 is 0 Å². The van der Waals surface area contributed by atoms with Crippen LogP contribution in [0, 0.1) is 6.92 Å². The molecule has 0 unspecified atom stereocenters. The Balaban J connectivity index is 1.47. The van der Waals surface area contributed by atoms with Gasteiger partial charge in [0, 0.05) is 41.9 Å². The van der Waals surface area contributed by atoms with Gasteiger partial charge in [0.1, 0.15) is 5.82 Å². The van der Waals surface area contributed by atoms with E-state index in [1.807, 2.05) is 43.3 Å². The average Bonchev–Trinajstić information content (AvgIpc) is 2.70. The number of nitrogens with zero attached hydrogens (tertiary/aromatic N) is 3. The van der Waals surface area contributed by atoms with Crippen molar-refractivity contribution in [1.29, 1.82) is 0 Å². The third-order valence-electron chi connectivity index (χ3n) is 4.75. The molecule has 3 aromatic rings. The van der Waals surface area contributed by atoms with Gasteiger partial charge in [-0.2, -0.15) is 4.98 Å². The summed E-state index contributed by atoms with van der Waals surface area (Å²) in [7, 11) is 0. The lowest BCUT2D eigenvalue weighted by atomic mass is 10.1. The highest BCUT2D eigenvalue weighted by molar-refractivity contribution is 5.63. The molecule has 0 spiro atoms. The second-order valence-electron chi connectivity index (χ2n) is 6.93. The molecule has 2 heterocycles. The van der Waals surface area contributed by atoms with Gasteiger partial charge in [-0.25, -0.2) is 4.98 Å². The minimum absolute atomic E-state index is 0.591. The molecule has 0 amide bonds. The number of benzene rings is 2. The van der Waals surface area contributed by atoms with Crippen LogP contribution in [0.25, 0.3) is 0 Å². The molecule has 4 rings (SSSR count). The van der Waals surface area contributed by atoms with Crippen LogP contribution in [0.15, 0.2) is 60.7 Å². The number of rotatable bonds is 5. The Hall–Kier alpha value is -3.08. The summed E-state index contributed by atoms with van der Waals surface area (Å²) in [5, 5.41) is 6.65. The van der Waals surface area contributed by atoms with Crippen molar-refractivity contribution in [3.05, 3.63) is 66.4 Å². The molecule has 0 aliphatic carbocycles. The van der Waals surface area contributed by atoms with Crippen LogP contribution in [0.3, 0.4) is 0 Å². The smallest absolute Gasteiger partial charge is 0.229 e. The van der Waals surface area contributed by atoms with E-state index in [2.05, 4.69) is 49.8 Å². The Labute approximate surface area is 160 Å². The summed E-state index contributed by atoms with van der Waals surface area (Å²) in [4.78, 5) is 11.5. The molecule has 0 bridgehead atoms. The lowest BCUT2D eigenvalue weighted by Crippen LogP contribution is -2.29. The Morgan fingerprint density at radius 3 is 2.22 bits per heavy atom. The summed E-state index contributed by atoms with van der Waals surface area (Å²) in [5.74, 6) is 1.38. The second-order valence-corrected chi connectivity index (χ2v) is 6.93. The number of piperidine rings is 1. The summed E-state index contributed by atoms with van der Waals surface area (Å²) >= 11 is 0. The van der Waals surface area contributed by atoms with Crippen molar-refractivity contribution in [1.82, 2.24) is 9.97 Å². The quantitative estimate of drug-likeness (QED) is 0.650. The van der Waals surface area contributed by atoms with Gasteiger partial charge in [-0.1, -0.05) is 18.2 Å². The molecule has 5 heteroatoms. The van der Waals surface area contributed by atoms with Gasteiger partial charge in [-0.3, -0.25) is 0 Å². The lowest BCUT2D eigenvalue weighted by Gasteiger charge is -2.28. The predicted molar refractivity (Wildman–Crippen MR) is 112 cm³/mol. The van der Waals surface area contributed by atoms with Gasteiger partial charge in [-0.15, -0.1) is 0 Å². The third kappa shape index (κ3) is 4.56. The van der Waals surface area contributed by atoms with E-state index in [-0.39, 0.29) is 0 Å². The van der Waals surface area contributed by atoms with E-state index in [9.17, 15) is 0 Å². The molecule has 2 N–H and O–H groups in total. The lowest BCUT2D eigenvalue weighted by molar-refractivity contribution is 0.578. The molecule has 138 valence electrons. The van der Waals surface area contributed by atoms with Crippen molar-refractivity contribution in [3.63, 3.8) is 0 Å².